The Morgan fingerprint density at radius 2 is 1.89 bits per heavy atom. The Labute approximate surface area is 115 Å². The van der Waals surface area contributed by atoms with Crippen LogP contribution in [0.15, 0.2) is 0 Å². The molecule has 2 nitrogen and oxygen atoms in total. The number of nitrogens with one attached hydrogen (secondary N) is 1. The monoisotopic (exact) mass is 254 g/mol. The zero-order valence-corrected chi connectivity index (χ0v) is 13.2. The van der Waals surface area contributed by atoms with Crippen LogP contribution < -0.4 is 5.32 Å². The first-order valence-corrected chi connectivity index (χ1v) is 8.05. The first-order valence-electron chi connectivity index (χ1n) is 8.05. The van der Waals surface area contributed by atoms with Crippen LogP contribution in [0.5, 0.6) is 0 Å². The lowest BCUT2D eigenvalue weighted by molar-refractivity contribution is 0.0927. The highest BCUT2D eigenvalue weighted by Gasteiger charge is 2.32. The van der Waals surface area contributed by atoms with E-state index in [1.807, 2.05) is 0 Å². The zero-order valence-electron chi connectivity index (χ0n) is 13.2. The molecular weight excluding hydrogens is 220 g/mol. The lowest BCUT2D eigenvalue weighted by Crippen LogP contribution is -2.54. The molecule has 3 atom stereocenters. The predicted octanol–water partition coefficient (Wildman–Crippen LogP) is 3.66. The maximum atomic E-state index is 3.78. The summed E-state index contributed by atoms with van der Waals surface area (Å²) in [5.41, 5.74) is 0. The standard InChI is InChI=1S/C16H34N2/c1-6-8-14-9-10-15(17-11-7-2)16(12-14)18(5)13(3)4/h13-17H,6-12H2,1-5H3. The first-order chi connectivity index (χ1) is 8.60. The molecular formula is C16H34N2. The van der Waals surface area contributed by atoms with Gasteiger partial charge in [-0.25, -0.2) is 0 Å². The van der Waals surface area contributed by atoms with E-state index in [0.29, 0.717) is 12.1 Å². The molecule has 1 saturated carbocycles. The summed E-state index contributed by atoms with van der Waals surface area (Å²) in [6, 6.07) is 2.11. The second kappa shape index (κ2) is 8.16. The highest BCUT2D eigenvalue weighted by Crippen LogP contribution is 2.31. The Morgan fingerprint density at radius 3 is 2.44 bits per heavy atom. The van der Waals surface area contributed by atoms with E-state index in [9.17, 15) is 0 Å². The first kappa shape index (κ1) is 16.0. The Hall–Kier alpha value is -0.0800. The molecule has 0 bridgehead atoms. The van der Waals surface area contributed by atoms with Gasteiger partial charge in [-0.05, 0) is 59.0 Å². The van der Waals surface area contributed by atoms with Crippen LogP contribution in [0.1, 0.15) is 66.2 Å². The van der Waals surface area contributed by atoms with Gasteiger partial charge < -0.3 is 5.32 Å². The minimum Gasteiger partial charge on any atom is -0.312 e. The van der Waals surface area contributed by atoms with Crippen molar-refractivity contribution in [2.45, 2.75) is 84.3 Å². The molecule has 108 valence electrons. The fourth-order valence-corrected chi connectivity index (χ4v) is 3.30. The van der Waals surface area contributed by atoms with Crippen LogP contribution in [0.2, 0.25) is 0 Å². The number of hydrogen-bond acceptors (Lipinski definition) is 2. The summed E-state index contributed by atoms with van der Waals surface area (Å²) < 4.78 is 0. The van der Waals surface area contributed by atoms with E-state index in [1.54, 1.807) is 0 Å². The van der Waals surface area contributed by atoms with Crippen molar-refractivity contribution in [1.82, 2.24) is 10.2 Å². The summed E-state index contributed by atoms with van der Waals surface area (Å²) in [4.78, 5) is 2.59. The molecule has 0 radical (unpaired) electrons. The van der Waals surface area contributed by atoms with E-state index in [1.165, 1.54) is 45.1 Å². The minimum absolute atomic E-state index is 0.654. The highest BCUT2D eigenvalue weighted by molar-refractivity contribution is 4.91. The van der Waals surface area contributed by atoms with Crippen molar-refractivity contribution >= 4 is 0 Å². The van der Waals surface area contributed by atoms with E-state index in [4.69, 9.17) is 0 Å². The molecule has 1 aliphatic carbocycles. The topological polar surface area (TPSA) is 15.3 Å². The van der Waals surface area contributed by atoms with Crippen LogP contribution in [-0.2, 0) is 0 Å². The second-order valence-corrected chi connectivity index (χ2v) is 6.35. The number of hydrogen-bond donors (Lipinski definition) is 1. The molecule has 1 N–H and O–H groups in total. The Morgan fingerprint density at radius 1 is 1.17 bits per heavy atom. The normalized spacial score (nSPS) is 29.2. The van der Waals surface area contributed by atoms with Crippen molar-refractivity contribution in [3.8, 4) is 0 Å². The third-order valence-corrected chi connectivity index (χ3v) is 4.62. The van der Waals surface area contributed by atoms with Crippen molar-refractivity contribution in [2.24, 2.45) is 5.92 Å². The molecule has 1 rings (SSSR count). The van der Waals surface area contributed by atoms with Crippen molar-refractivity contribution in [3.63, 3.8) is 0 Å². The minimum atomic E-state index is 0.654. The molecule has 0 aliphatic heterocycles. The van der Waals surface area contributed by atoms with Crippen LogP contribution in [0.4, 0.5) is 0 Å². The quantitative estimate of drug-likeness (QED) is 0.746. The van der Waals surface area contributed by atoms with E-state index in [2.05, 4.69) is 45.0 Å². The van der Waals surface area contributed by atoms with Crippen molar-refractivity contribution in [1.29, 1.82) is 0 Å². The molecule has 18 heavy (non-hydrogen) atoms. The van der Waals surface area contributed by atoms with E-state index < -0.39 is 0 Å². The zero-order chi connectivity index (χ0) is 13.5. The molecule has 0 amide bonds. The Balaban J connectivity index is 2.60. The van der Waals surface area contributed by atoms with Gasteiger partial charge in [0.25, 0.3) is 0 Å². The molecule has 3 unspecified atom stereocenters. The van der Waals surface area contributed by atoms with Gasteiger partial charge in [0, 0.05) is 18.1 Å². The van der Waals surface area contributed by atoms with Crippen molar-refractivity contribution < 1.29 is 0 Å². The van der Waals surface area contributed by atoms with Gasteiger partial charge in [0.05, 0.1) is 0 Å². The molecule has 2 heteroatoms. The molecule has 1 fully saturated rings. The lowest BCUT2D eigenvalue weighted by Gasteiger charge is -2.43. The maximum absolute atomic E-state index is 3.78. The van der Waals surface area contributed by atoms with Gasteiger partial charge in [0.1, 0.15) is 0 Å². The SMILES string of the molecule is CCCNC1CCC(CCC)CC1N(C)C(C)C. The smallest absolute Gasteiger partial charge is 0.0251 e. The maximum Gasteiger partial charge on any atom is 0.0251 e. The summed E-state index contributed by atoms with van der Waals surface area (Å²) >= 11 is 0. The molecule has 0 aromatic carbocycles. The molecule has 0 heterocycles. The molecule has 0 aromatic rings. The second-order valence-electron chi connectivity index (χ2n) is 6.35. The molecule has 1 aliphatic rings. The number of nitrogens with zero attached hydrogens (tertiary/aromatic N) is 1. The average Bonchev–Trinajstić information content (AvgIpc) is 2.36. The van der Waals surface area contributed by atoms with Crippen LogP contribution in [0.3, 0.4) is 0 Å². The number of rotatable bonds is 7. The predicted molar refractivity (Wildman–Crippen MR) is 81.0 cm³/mol. The van der Waals surface area contributed by atoms with Gasteiger partial charge in [0.2, 0.25) is 0 Å². The summed E-state index contributed by atoms with van der Waals surface area (Å²) in [5, 5.41) is 3.78. The summed E-state index contributed by atoms with van der Waals surface area (Å²) in [7, 11) is 2.31. The van der Waals surface area contributed by atoms with Crippen LogP contribution in [0.25, 0.3) is 0 Å². The van der Waals surface area contributed by atoms with Crippen molar-refractivity contribution in [3.05, 3.63) is 0 Å². The van der Waals surface area contributed by atoms with Crippen LogP contribution in [0, 0.1) is 5.92 Å². The van der Waals surface area contributed by atoms with E-state index in [0.717, 1.165) is 12.0 Å². The summed E-state index contributed by atoms with van der Waals surface area (Å²) in [6.07, 6.45) is 8.19. The fourth-order valence-electron chi connectivity index (χ4n) is 3.30. The molecule has 0 aromatic heterocycles. The summed E-state index contributed by atoms with van der Waals surface area (Å²) in [6.45, 7) is 10.4. The Kier molecular flexibility index (Phi) is 7.25. The third kappa shape index (κ3) is 4.55. The molecule has 0 spiro atoms. The lowest BCUT2D eigenvalue weighted by atomic mass is 9.79. The van der Waals surface area contributed by atoms with Gasteiger partial charge in [-0.15, -0.1) is 0 Å². The van der Waals surface area contributed by atoms with Gasteiger partial charge in [-0.3, -0.25) is 4.90 Å². The van der Waals surface area contributed by atoms with E-state index in [-0.39, 0.29) is 0 Å². The van der Waals surface area contributed by atoms with Gasteiger partial charge in [-0.2, -0.15) is 0 Å². The van der Waals surface area contributed by atoms with Crippen LogP contribution in [-0.4, -0.2) is 36.6 Å². The number of likely N-dealkylation sites (N-methyl/N-ethyl adjacent to an activating group) is 1. The van der Waals surface area contributed by atoms with Gasteiger partial charge in [-0.1, -0.05) is 26.7 Å². The average molecular weight is 254 g/mol. The Bertz CT molecular complexity index is 215. The fraction of sp³-hybridized carbons (Fsp3) is 1.00. The molecule has 0 saturated heterocycles. The largest absolute Gasteiger partial charge is 0.312 e. The van der Waals surface area contributed by atoms with Gasteiger partial charge >= 0.3 is 0 Å². The third-order valence-electron chi connectivity index (χ3n) is 4.62. The highest BCUT2D eigenvalue weighted by atomic mass is 15.2. The van der Waals surface area contributed by atoms with Crippen molar-refractivity contribution in [2.75, 3.05) is 13.6 Å². The van der Waals surface area contributed by atoms with Crippen LogP contribution >= 0.6 is 0 Å². The van der Waals surface area contributed by atoms with E-state index >= 15 is 0 Å². The van der Waals surface area contributed by atoms with Gasteiger partial charge in [0.15, 0.2) is 0 Å². The summed E-state index contributed by atoms with van der Waals surface area (Å²) in [5.74, 6) is 0.959.